The molecule has 25 heavy (non-hydrogen) atoms. The SMILES string of the molecule is O[C@@H]1CCN([C@H]2Cc3c(Cl)cc(Cl)cc3[C@@H]2Oc2ccccc2Cl)C1. The van der Waals surface area contributed by atoms with Crippen molar-refractivity contribution in [3.8, 4) is 5.75 Å². The number of likely N-dealkylation sites (tertiary alicyclic amines) is 1. The van der Waals surface area contributed by atoms with E-state index in [-0.39, 0.29) is 18.2 Å². The minimum atomic E-state index is -0.288. The van der Waals surface area contributed by atoms with E-state index >= 15 is 0 Å². The van der Waals surface area contributed by atoms with Crippen LogP contribution in [0.2, 0.25) is 15.1 Å². The number of β-amino-alcohol motifs (C(OH)–C–C–N with tert-alkyl or cyclic N) is 1. The highest BCUT2D eigenvalue weighted by molar-refractivity contribution is 6.35. The first-order valence-electron chi connectivity index (χ1n) is 8.34. The summed E-state index contributed by atoms with van der Waals surface area (Å²) in [5, 5.41) is 11.8. The molecule has 1 heterocycles. The average Bonchev–Trinajstić information content (AvgIpc) is 3.14. The lowest BCUT2D eigenvalue weighted by atomic mass is 10.1. The molecule has 4 rings (SSSR count). The maximum atomic E-state index is 9.94. The van der Waals surface area contributed by atoms with Gasteiger partial charge in [-0.05, 0) is 42.7 Å². The fourth-order valence-corrected chi connectivity index (χ4v) is 4.59. The zero-order valence-corrected chi connectivity index (χ0v) is 15.7. The first-order chi connectivity index (χ1) is 12.0. The van der Waals surface area contributed by atoms with Crippen LogP contribution >= 0.6 is 34.8 Å². The zero-order valence-electron chi connectivity index (χ0n) is 13.5. The highest BCUT2D eigenvalue weighted by atomic mass is 35.5. The van der Waals surface area contributed by atoms with Crippen LogP contribution in [0.15, 0.2) is 36.4 Å². The average molecular weight is 399 g/mol. The molecule has 6 heteroatoms. The minimum Gasteiger partial charge on any atom is -0.482 e. The Morgan fingerprint density at radius 3 is 2.60 bits per heavy atom. The van der Waals surface area contributed by atoms with Crippen molar-refractivity contribution in [2.24, 2.45) is 0 Å². The van der Waals surface area contributed by atoms with Crippen molar-refractivity contribution in [2.45, 2.75) is 31.1 Å². The molecule has 0 saturated carbocycles. The van der Waals surface area contributed by atoms with Crippen LogP contribution in [0.4, 0.5) is 0 Å². The fraction of sp³-hybridized carbons (Fsp3) is 0.368. The first kappa shape index (κ1) is 17.4. The molecule has 1 aliphatic heterocycles. The Morgan fingerprint density at radius 2 is 1.88 bits per heavy atom. The summed E-state index contributed by atoms with van der Waals surface area (Å²) in [6.07, 6.45) is 1.04. The Kier molecular flexibility index (Phi) is 4.87. The van der Waals surface area contributed by atoms with Gasteiger partial charge in [-0.2, -0.15) is 0 Å². The molecule has 2 aromatic rings. The zero-order chi connectivity index (χ0) is 17.6. The molecular weight excluding hydrogens is 381 g/mol. The first-order valence-corrected chi connectivity index (χ1v) is 9.47. The van der Waals surface area contributed by atoms with Crippen LogP contribution in [0.5, 0.6) is 5.75 Å². The van der Waals surface area contributed by atoms with Crippen molar-refractivity contribution in [2.75, 3.05) is 13.1 Å². The smallest absolute Gasteiger partial charge is 0.140 e. The summed E-state index contributed by atoms with van der Waals surface area (Å²) in [4.78, 5) is 2.27. The normalized spacial score (nSPS) is 26.0. The number of nitrogens with zero attached hydrogens (tertiary/aromatic N) is 1. The van der Waals surface area contributed by atoms with Crippen molar-refractivity contribution < 1.29 is 9.84 Å². The van der Waals surface area contributed by atoms with E-state index in [0.29, 0.717) is 27.4 Å². The highest BCUT2D eigenvalue weighted by Gasteiger charge is 2.41. The fourth-order valence-electron chi connectivity index (χ4n) is 3.83. The van der Waals surface area contributed by atoms with Crippen LogP contribution in [0.3, 0.4) is 0 Å². The predicted molar refractivity (Wildman–Crippen MR) is 101 cm³/mol. The van der Waals surface area contributed by atoms with Crippen molar-refractivity contribution in [1.82, 2.24) is 4.90 Å². The van der Waals surface area contributed by atoms with Gasteiger partial charge in [-0.1, -0.05) is 46.9 Å². The quantitative estimate of drug-likeness (QED) is 0.809. The Hall–Kier alpha value is -0.970. The standard InChI is InChI=1S/C19H18Cl3NO2/c20-11-7-14-13(16(22)8-11)9-17(23-6-5-12(24)10-23)19(14)25-18-4-2-1-3-15(18)21/h1-4,7-8,12,17,19,24H,5-6,9-10H2/t12-,17+,19+/m1/s1. The topological polar surface area (TPSA) is 32.7 Å². The van der Waals surface area contributed by atoms with Crippen LogP contribution in [0.25, 0.3) is 0 Å². The molecule has 1 aliphatic carbocycles. The van der Waals surface area contributed by atoms with Gasteiger partial charge < -0.3 is 9.84 Å². The number of hydrogen-bond donors (Lipinski definition) is 1. The van der Waals surface area contributed by atoms with Gasteiger partial charge >= 0.3 is 0 Å². The molecule has 2 aliphatic rings. The van der Waals surface area contributed by atoms with E-state index < -0.39 is 0 Å². The molecule has 2 aromatic carbocycles. The summed E-state index contributed by atoms with van der Waals surface area (Å²) < 4.78 is 6.33. The van der Waals surface area contributed by atoms with Gasteiger partial charge in [-0.3, -0.25) is 4.90 Å². The van der Waals surface area contributed by atoms with E-state index in [2.05, 4.69) is 4.90 Å². The Bertz CT molecular complexity index is 798. The maximum absolute atomic E-state index is 9.94. The molecule has 1 fully saturated rings. The minimum absolute atomic E-state index is 0.0967. The van der Waals surface area contributed by atoms with Crippen molar-refractivity contribution in [1.29, 1.82) is 0 Å². The molecule has 3 atom stereocenters. The van der Waals surface area contributed by atoms with E-state index in [1.165, 1.54) is 0 Å². The number of hydrogen-bond acceptors (Lipinski definition) is 3. The summed E-state index contributed by atoms with van der Waals surface area (Å²) in [7, 11) is 0. The molecule has 0 unspecified atom stereocenters. The Balaban J connectivity index is 1.72. The lowest BCUT2D eigenvalue weighted by Gasteiger charge is -2.30. The van der Waals surface area contributed by atoms with Gasteiger partial charge in [0, 0.05) is 28.7 Å². The van der Waals surface area contributed by atoms with E-state index in [1.807, 2.05) is 30.3 Å². The molecular formula is C19H18Cl3NO2. The van der Waals surface area contributed by atoms with Gasteiger partial charge in [0.05, 0.1) is 17.2 Å². The lowest BCUT2D eigenvalue weighted by molar-refractivity contribution is 0.0819. The number of rotatable bonds is 3. The molecule has 1 saturated heterocycles. The number of benzene rings is 2. The van der Waals surface area contributed by atoms with Crippen LogP contribution in [-0.2, 0) is 6.42 Å². The van der Waals surface area contributed by atoms with Gasteiger partial charge in [0.15, 0.2) is 0 Å². The molecule has 132 valence electrons. The van der Waals surface area contributed by atoms with Crippen molar-refractivity contribution in [3.63, 3.8) is 0 Å². The van der Waals surface area contributed by atoms with Crippen molar-refractivity contribution >= 4 is 34.8 Å². The van der Waals surface area contributed by atoms with Gasteiger partial charge in [0.25, 0.3) is 0 Å². The number of aliphatic hydroxyl groups is 1. The summed E-state index contributed by atoms with van der Waals surface area (Å²) in [6.45, 7) is 1.49. The number of halogens is 3. The van der Waals surface area contributed by atoms with Crippen LogP contribution in [0.1, 0.15) is 23.7 Å². The summed E-state index contributed by atoms with van der Waals surface area (Å²) >= 11 is 19.0. The Labute approximate surface area is 162 Å². The molecule has 0 spiro atoms. The lowest BCUT2D eigenvalue weighted by Crippen LogP contribution is -2.39. The molecule has 1 N–H and O–H groups in total. The third-order valence-corrected chi connectivity index (χ3v) is 5.89. The summed E-state index contributed by atoms with van der Waals surface area (Å²) in [6, 6.07) is 11.2. The highest BCUT2D eigenvalue weighted by Crippen LogP contribution is 2.44. The molecule has 3 nitrogen and oxygen atoms in total. The molecule has 0 bridgehead atoms. The van der Waals surface area contributed by atoms with Crippen LogP contribution < -0.4 is 4.74 Å². The second kappa shape index (κ2) is 6.98. The van der Waals surface area contributed by atoms with E-state index in [9.17, 15) is 5.11 Å². The molecule has 0 aromatic heterocycles. The van der Waals surface area contributed by atoms with Gasteiger partial charge in [0.1, 0.15) is 11.9 Å². The number of ether oxygens (including phenoxy) is 1. The second-order valence-electron chi connectivity index (χ2n) is 6.63. The van der Waals surface area contributed by atoms with Crippen LogP contribution in [-0.4, -0.2) is 35.2 Å². The Morgan fingerprint density at radius 1 is 1.08 bits per heavy atom. The number of para-hydroxylation sites is 1. The number of aliphatic hydroxyl groups excluding tert-OH is 1. The summed E-state index contributed by atoms with van der Waals surface area (Å²) in [5.41, 5.74) is 2.07. The van der Waals surface area contributed by atoms with Gasteiger partial charge in [-0.15, -0.1) is 0 Å². The van der Waals surface area contributed by atoms with Gasteiger partial charge in [-0.25, -0.2) is 0 Å². The van der Waals surface area contributed by atoms with E-state index in [0.717, 1.165) is 30.5 Å². The largest absolute Gasteiger partial charge is 0.482 e. The molecule has 0 amide bonds. The maximum Gasteiger partial charge on any atom is 0.140 e. The van der Waals surface area contributed by atoms with E-state index in [1.54, 1.807) is 6.07 Å². The number of fused-ring (bicyclic) bond motifs is 1. The van der Waals surface area contributed by atoms with Crippen molar-refractivity contribution in [3.05, 3.63) is 62.6 Å². The molecule has 0 radical (unpaired) electrons. The summed E-state index contributed by atoms with van der Waals surface area (Å²) in [5.74, 6) is 0.642. The third-order valence-electron chi connectivity index (χ3n) is 5.02. The monoisotopic (exact) mass is 397 g/mol. The van der Waals surface area contributed by atoms with Crippen LogP contribution in [0, 0.1) is 0 Å². The van der Waals surface area contributed by atoms with Gasteiger partial charge in [0.2, 0.25) is 0 Å². The predicted octanol–water partition coefficient (Wildman–Crippen LogP) is 4.76. The van der Waals surface area contributed by atoms with E-state index in [4.69, 9.17) is 39.5 Å². The third kappa shape index (κ3) is 3.36. The second-order valence-corrected chi connectivity index (χ2v) is 7.88.